The van der Waals surface area contributed by atoms with Gasteiger partial charge in [0.1, 0.15) is 28.3 Å². The minimum atomic E-state index is -1.60. The highest BCUT2D eigenvalue weighted by Gasteiger charge is 2.59. The van der Waals surface area contributed by atoms with Crippen molar-refractivity contribution in [2.24, 2.45) is 0 Å². The van der Waals surface area contributed by atoms with Crippen LogP contribution < -0.4 is 14.8 Å². The predicted octanol–water partition coefficient (Wildman–Crippen LogP) is 5.97. The van der Waals surface area contributed by atoms with E-state index in [1.165, 1.54) is 25.9 Å². The van der Waals surface area contributed by atoms with Gasteiger partial charge in [0.05, 0.1) is 39.1 Å². The molecular weight excluding hydrogens is 543 g/mol. The molecule has 2 aromatic rings. The summed E-state index contributed by atoms with van der Waals surface area (Å²) in [5, 5.41) is 2.77. The van der Waals surface area contributed by atoms with Gasteiger partial charge in [0, 0.05) is 19.4 Å². The average Bonchev–Trinajstić information content (AvgIpc) is 2.93. The van der Waals surface area contributed by atoms with Crippen molar-refractivity contribution in [3.05, 3.63) is 59.2 Å². The Labute approximate surface area is 247 Å². The molecule has 1 aliphatic carbocycles. The SMILES string of the molecule is CCOc1cc(C(C)N(CCO[C@@H](C)c2ccccc2)C(=O)NC2(C(=O)OC)CC(C)(F)C2)cc(OCC)c1C(C)=O. The number of ether oxygens (including phenoxy) is 4. The summed E-state index contributed by atoms with van der Waals surface area (Å²) >= 11 is 0. The maximum Gasteiger partial charge on any atom is 0.331 e. The van der Waals surface area contributed by atoms with Crippen LogP contribution in [0.15, 0.2) is 42.5 Å². The number of nitrogens with one attached hydrogen (secondary N) is 1. The number of ketones is 1. The third-order valence-electron chi connectivity index (χ3n) is 7.48. The van der Waals surface area contributed by atoms with Gasteiger partial charge in [-0.05, 0) is 64.8 Å². The zero-order valence-corrected chi connectivity index (χ0v) is 25.6. The van der Waals surface area contributed by atoms with E-state index in [-0.39, 0.29) is 37.9 Å². The molecule has 1 saturated carbocycles. The Hall–Kier alpha value is -3.66. The van der Waals surface area contributed by atoms with Crippen LogP contribution in [-0.4, -0.2) is 67.4 Å². The van der Waals surface area contributed by atoms with Crippen LogP contribution in [0.4, 0.5) is 9.18 Å². The summed E-state index contributed by atoms with van der Waals surface area (Å²) in [6.07, 6.45) is -0.618. The number of alkyl halides is 1. The Bertz CT molecular complexity index is 1220. The van der Waals surface area contributed by atoms with E-state index in [1.807, 2.05) is 58.0 Å². The lowest BCUT2D eigenvalue weighted by molar-refractivity contribution is -0.160. The van der Waals surface area contributed by atoms with Crippen molar-refractivity contribution in [1.82, 2.24) is 10.2 Å². The van der Waals surface area contributed by atoms with Gasteiger partial charge in [-0.1, -0.05) is 30.3 Å². The number of hydrogen-bond acceptors (Lipinski definition) is 7. The second kappa shape index (κ2) is 14.0. The second-order valence-electron chi connectivity index (χ2n) is 10.9. The van der Waals surface area contributed by atoms with Gasteiger partial charge >= 0.3 is 12.0 Å². The molecule has 9 nitrogen and oxygen atoms in total. The van der Waals surface area contributed by atoms with Gasteiger partial charge in [0.2, 0.25) is 0 Å². The number of Topliss-reactive ketones (excluding diaryl/α,β-unsaturated/α-hetero) is 1. The lowest BCUT2D eigenvalue weighted by Gasteiger charge is -2.48. The first kappa shape index (κ1) is 32.8. The normalized spacial score (nSPS) is 21.0. The minimum Gasteiger partial charge on any atom is -0.493 e. The standard InChI is InChI=1S/C32H43FN2O7/c1-8-40-26-17-25(18-27(41-9-2)28(26)22(4)36)21(3)35(15-16-42-23(5)24-13-11-10-12-14-24)30(38)34-32(29(37)39-7)19-31(6,33)20-32/h10-14,17-18,21,23H,8-9,15-16,19-20H2,1-7H3,(H,34,38)/t21?,23-,31?,32?/m0/s1. The molecule has 3 rings (SSSR count). The van der Waals surface area contributed by atoms with E-state index in [9.17, 15) is 18.8 Å². The van der Waals surface area contributed by atoms with Gasteiger partial charge in [-0.3, -0.25) is 4.79 Å². The number of hydrogen-bond donors (Lipinski definition) is 1. The Balaban J connectivity index is 1.95. The van der Waals surface area contributed by atoms with Crippen LogP contribution >= 0.6 is 0 Å². The van der Waals surface area contributed by atoms with Gasteiger partial charge in [-0.15, -0.1) is 0 Å². The average molecular weight is 587 g/mol. The fraction of sp³-hybridized carbons (Fsp3) is 0.531. The van der Waals surface area contributed by atoms with Crippen LogP contribution in [0.25, 0.3) is 0 Å². The molecule has 2 amide bonds. The molecule has 1 aliphatic rings. The highest BCUT2D eigenvalue weighted by Crippen LogP contribution is 2.45. The van der Waals surface area contributed by atoms with E-state index in [0.717, 1.165) is 5.56 Å². The third kappa shape index (κ3) is 7.59. The number of amides is 2. The molecule has 0 aliphatic heterocycles. The maximum absolute atomic E-state index is 14.6. The van der Waals surface area contributed by atoms with Gasteiger partial charge < -0.3 is 29.2 Å². The summed E-state index contributed by atoms with van der Waals surface area (Å²) in [5.74, 6) is -0.204. The van der Waals surface area contributed by atoms with Gasteiger partial charge in [0.15, 0.2) is 5.78 Å². The van der Waals surface area contributed by atoms with Crippen molar-refractivity contribution in [3.63, 3.8) is 0 Å². The quantitative estimate of drug-likeness (QED) is 0.215. The number of halogens is 1. The molecule has 1 fully saturated rings. The zero-order valence-electron chi connectivity index (χ0n) is 25.6. The molecule has 230 valence electrons. The lowest BCUT2D eigenvalue weighted by Crippen LogP contribution is -2.69. The summed E-state index contributed by atoms with van der Waals surface area (Å²) in [5.41, 5.74) is -1.11. The summed E-state index contributed by atoms with van der Waals surface area (Å²) in [4.78, 5) is 40.6. The van der Waals surface area contributed by atoms with E-state index in [4.69, 9.17) is 18.9 Å². The molecule has 0 radical (unpaired) electrons. The molecule has 2 atom stereocenters. The Morgan fingerprint density at radius 3 is 2.05 bits per heavy atom. The molecule has 0 saturated heterocycles. The van der Waals surface area contributed by atoms with Crippen LogP contribution in [0.5, 0.6) is 11.5 Å². The summed E-state index contributed by atoms with van der Waals surface area (Å²) < 4.78 is 37.2. The number of carbonyl (C=O) groups excluding carboxylic acids is 3. The number of esters is 1. The van der Waals surface area contributed by atoms with Crippen molar-refractivity contribution in [1.29, 1.82) is 0 Å². The molecule has 0 spiro atoms. The first-order valence-electron chi connectivity index (χ1n) is 14.3. The number of nitrogens with zero attached hydrogens (tertiary/aromatic N) is 1. The highest BCUT2D eigenvalue weighted by molar-refractivity contribution is 6.00. The molecule has 0 heterocycles. The van der Waals surface area contributed by atoms with Crippen LogP contribution in [0.3, 0.4) is 0 Å². The fourth-order valence-electron chi connectivity index (χ4n) is 5.50. The first-order valence-corrected chi connectivity index (χ1v) is 14.3. The van der Waals surface area contributed by atoms with Crippen LogP contribution in [0, 0.1) is 0 Å². The number of urea groups is 1. The van der Waals surface area contributed by atoms with Crippen molar-refractivity contribution in [3.8, 4) is 11.5 Å². The number of rotatable bonds is 14. The second-order valence-corrected chi connectivity index (χ2v) is 10.9. The largest absolute Gasteiger partial charge is 0.493 e. The number of methoxy groups -OCH3 is 1. The molecule has 42 heavy (non-hydrogen) atoms. The third-order valence-corrected chi connectivity index (χ3v) is 7.48. The molecular formula is C32H43FN2O7. The predicted molar refractivity (Wildman–Crippen MR) is 157 cm³/mol. The van der Waals surface area contributed by atoms with Crippen molar-refractivity contribution < 1.29 is 37.7 Å². The number of benzene rings is 2. The van der Waals surface area contributed by atoms with Crippen LogP contribution in [0.2, 0.25) is 0 Å². The number of carbonyl (C=O) groups is 3. The van der Waals surface area contributed by atoms with Crippen molar-refractivity contribution >= 4 is 17.8 Å². The Morgan fingerprint density at radius 2 is 1.57 bits per heavy atom. The van der Waals surface area contributed by atoms with Gasteiger partial charge in [-0.2, -0.15) is 0 Å². The Morgan fingerprint density at radius 1 is 1.00 bits per heavy atom. The van der Waals surface area contributed by atoms with Crippen molar-refractivity contribution in [2.75, 3.05) is 33.5 Å². The van der Waals surface area contributed by atoms with E-state index >= 15 is 0 Å². The summed E-state index contributed by atoms with van der Waals surface area (Å²) in [6.45, 7) is 11.2. The molecule has 0 aromatic heterocycles. The molecule has 10 heteroatoms. The topological polar surface area (TPSA) is 103 Å². The summed E-state index contributed by atoms with van der Waals surface area (Å²) in [6, 6.07) is 12.0. The van der Waals surface area contributed by atoms with Crippen LogP contribution in [-0.2, 0) is 14.3 Å². The van der Waals surface area contributed by atoms with E-state index in [1.54, 1.807) is 12.1 Å². The molecule has 2 aromatic carbocycles. The summed E-state index contributed by atoms with van der Waals surface area (Å²) in [7, 11) is 1.21. The van der Waals surface area contributed by atoms with E-state index in [0.29, 0.717) is 35.8 Å². The fourth-order valence-corrected chi connectivity index (χ4v) is 5.50. The monoisotopic (exact) mass is 586 g/mol. The van der Waals surface area contributed by atoms with Crippen molar-refractivity contribution in [2.45, 2.75) is 77.7 Å². The van der Waals surface area contributed by atoms with Gasteiger partial charge in [0.25, 0.3) is 0 Å². The molecule has 1 N–H and O–H groups in total. The maximum atomic E-state index is 14.6. The lowest BCUT2D eigenvalue weighted by atomic mass is 9.67. The molecule has 1 unspecified atom stereocenters. The smallest absolute Gasteiger partial charge is 0.331 e. The van der Waals surface area contributed by atoms with Gasteiger partial charge in [-0.25, -0.2) is 14.0 Å². The first-order chi connectivity index (χ1) is 19.9. The van der Waals surface area contributed by atoms with E-state index in [2.05, 4.69) is 5.32 Å². The van der Waals surface area contributed by atoms with E-state index < -0.39 is 29.2 Å². The minimum absolute atomic E-state index is 0.150. The zero-order chi connectivity index (χ0) is 31.1. The highest BCUT2D eigenvalue weighted by atomic mass is 19.1. The molecule has 0 bridgehead atoms. The Kier molecular flexibility index (Phi) is 11.0. The van der Waals surface area contributed by atoms with Crippen LogP contribution in [0.1, 0.15) is 88.0 Å².